The van der Waals surface area contributed by atoms with E-state index in [1.54, 1.807) is 6.92 Å². The number of rotatable bonds is 5. The molecule has 1 saturated heterocycles. The molecule has 1 aromatic rings. The minimum absolute atomic E-state index is 0.0840. The van der Waals surface area contributed by atoms with E-state index in [0.717, 1.165) is 13.1 Å². The van der Waals surface area contributed by atoms with Gasteiger partial charge in [-0.25, -0.2) is 0 Å². The Hall–Kier alpha value is -1.55. The van der Waals surface area contributed by atoms with Crippen LogP contribution >= 0.6 is 0 Å². The van der Waals surface area contributed by atoms with Crippen LogP contribution in [0.25, 0.3) is 0 Å². The van der Waals surface area contributed by atoms with Gasteiger partial charge in [0, 0.05) is 44.7 Å². The third-order valence-electron chi connectivity index (χ3n) is 5.74. The second-order valence-corrected chi connectivity index (χ2v) is 7.37. The fourth-order valence-electron chi connectivity index (χ4n) is 4.77. The zero-order valence-corrected chi connectivity index (χ0v) is 15.3. The van der Waals surface area contributed by atoms with Crippen molar-refractivity contribution in [1.29, 1.82) is 0 Å². The van der Waals surface area contributed by atoms with Gasteiger partial charge in [-0.3, -0.25) is 9.69 Å². The van der Waals surface area contributed by atoms with Gasteiger partial charge in [-0.2, -0.15) is 0 Å². The van der Waals surface area contributed by atoms with Gasteiger partial charge in [0.2, 0.25) is 5.91 Å². The molecule has 0 radical (unpaired) electrons. The Balaban J connectivity index is 1.86. The Kier molecular flexibility index (Phi) is 5.44. The van der Waals surface area contributed by atoms with E-state index < -0.39 is 0 Å². The fourth-order valence-corrected chi connectivity index (χ4v) is 4.77. The van der Waals surface area contributed by atoms with Crippen molar-refractivity contribution in [1.82, 2.24) is 10.2 Å². The molecule has 2 aliphatic rings. The summed E-state index contributed by atoms with van der Waals surface area (Å²) in [5.74, 6) is 1.23. The lowest BCUT2D eigenvalue weighted by Gasteiger charge is -2.48. The molecule has 0 unspecified atom stereocenters. The largest absolute Gasteiger partial charge is 0.388 e. The monoisotopic (exact) mass is 329 g/mol. The van der Waals surface area contributed by atoms with Crippen LogP contribution in [0, 0.1) is 5.92 Å². The number of nitrogens with one attached hydrogen (secondary N) is 2. The van der Waals surface area contributed by atoms with E-state index in [1.807, 2.05) is 7.05 Å². The Labute approximate surface area is 146 Å². The van der Waals surface area contributed by atoms with E-state index in [0.29, 0.717) is 17.9 Å². The van der Waals surface area contributed by atoms with E-state index >= 15 is 0 Å². The normalized spacial score (nSPS) is 26.4. The van der Waals surface area contributed by atoms with Gasteiger partial charge < -0.3 is 10.6 Å². The van der Waals surface area contributed by atoms with Crippen LogP contribution in [0.5, 0.6) is 0 Å². The van der Waals surface area contributed by atoms with Gasteiger partial charge in [-0.05, 0) is 55.3 Å². The number of carbonyl (C=O) groups is 1. The molecule has 1 aliphatic carbocycles. The zero-order valence-electron chi connectivity index (χ0n) is 15.3. The number of benzene rings is 1. The van der Waals surface area contributed by atoms with Crippen molar-refractivity contribution in [3.05, 3.63) is 29.3 Å². The molecular weight excluding hydrogens is 298 g/mol. The highest BCUT2D eigenvalue weighted by molar-refractivity contribution is 5.72. The van der Waals surface area contributed by atoms with Gasteiger partial charge >= 0.3 is 0 Å². The van der Waals surface area contributed by atoms with Crippen LogP contribution in [0.4, 0.5) is 5.69 Å². The van der Waals surface area contributed by atoms with E-state index in [2.05, 4.69) is 40.7 Å². The lowest BCUT2D eigenvalue weighted by molar-refractivity contribution is -0.119. The summed E-state index contributed by atoms with van der Waals surface area (Å²) in [6, 6.07) is 7.38. The summed E-state index contributed by atoms with van der Waals surface area (Å²) in [6.07, 6.45) is 4.80. The van der Waals surface area contributed by atoms with Crippen LogP contribution in [0.15, 0.2) is 18.2 Å². The van der Waals surface area contributed by atoms with Crippen LogP contribution in [-0.4, -0.2) is 43.5 Å². The Morgan fingerprint density at radius 3 is 2.92 bits per heavy atom. The van der Waals surface area contributed by atoms with Crippen LogP contribution in [0.3, 0.4) is 0 Å². The molecule has 24 heavy (non-hydrogen) atoms. The van der Waals surface area contributed by atoms with Crippen molar-refractivity contribution in [3.63, 3.8) is 0 Å². The number of piperidine rings is 1. The van der Waals surface area contributed by atoms with Crippen LogP contribution in [0.2, 0.25) is 0 Å². The molecule has 4 heteroatoms. The predicted octanol–water partition coefficient (Wildman–Crippen LogP) is 2.99. The second-order valence-electron chi connectivity index (χ2n) is 7.37. The molecule has 132 valence electrons. The summed E-state index contributed by atoms with van der Waals surface area (Å²) in [4.78, 5) is 14.0. The summed E-state index contributed by atoms with van der Waals surface area (Å²) < 4.78 is 0. The molecule has 0 saturated carbocycles. The highest BCUT2D eigenvalue weighted by atomic mass is 16.1. The third kappa shape index (κ3) is 3.44. The quantitative estimate of drug-likeness (QED) is 0.873. The van der Waals surface area contributed by atoms with Crippen molar-refractivity contribution >= 4 is 11.6 Å². The van der Waals surface area contributed by atoms with E-state index in [4.69, 9.17) is 0 Å². The molecule has 3 rings (SSSR count). The molecule has 1 aliphatic heterocycles. The number of nitrogens with zero attached hydrogens (tertiary/aromatic N) is 1. The average Bonchev–Trinajstić information content (AvgIpc) is 2.59. The number of hydrogen-bond acceptors (Lipinski definition) is 3. The van der Waals surface area contributed by atoms with Crippen molar-refractivity contribution in [3.8, 4) is 0 Å². The maximum absolute atomic E-state index is 11.3. The first-order valence-electron chi connectivity index (χ1n) is 9.42. The number of anilines is 1. The fraction of sp³-hybridized carbons (Fsp3) is 0.650. The van der Waals surface area contributed by atoms with Crippen LogP contribution in [0.1, 0.15) is 50.2 Å². The van der Waals surface area contributed by atoms with Gasteiger partial charge in [-0.1, -0.05) is 19.1 Å². The lowest BCUT2D eigenvalue weighted by Crippen LogP contribution is -2.51. The van der Waals surface area contributed by atoms with E-state index in [-0.39, 0.29) is 5.91 Å². The van der Waals surface area contributed by atoms with Gasteiger partial charge in [0.25, 0.3) is 0 Å². The summed E-state index contributed by atoms with van der Waals surface area (Å²) in [6.45, 7) is 6.97. The van der Waals surface area contributed by atoms with Crippen LogP contribution in [-0.2, 0) is 11.2 Å². The van der Waals surface area contributed by atoms with E-state index in [1.165, 1.54) is 49.0 Å². The topological polar surface area (TPSA) is 44.4 Å². The molecule has 1 aromatic carbocycles. The van der Waals surface area contributed by atoms with Crippen molar-refractivity contribution < 1.29 is 4.79 Å². The molecule has 2 N–H and O–H groups in total. The number of likely N-dealkylation sites (tertiary alicyclic amines) is 1. The zero-order chi connectivity index (χ0) is 17.1. The van der Waals surface area contributed by atoms with Gasteiger partial charge in [-0.15, -0.1) is 0 Å². The standard InChI is InChI=1S/C20H31N3O/c1-4-10-23-13-15(12-22-14(2)24)11-18-16-6-5-7-19(21-3)17(16)8-9-20(18)23/h5-7,15,18,20-21H,4,8-13H2,1-3H3,(H,22,24)/t15-,18+,20+/m0/s1. The summed E-state index contributed by atoms with van der Waals surface area (Å²) in [5, 5.41) is 6.41. The Morgan fingerprint density at radius 2 is 2.21 bits per heavy atom. The van der Waals surface area contributed by atoms with Gasteiger partial charge in [0.1, 0.15) is 0 Å². The second kappa shape index (κ2) is 7.56. The Morgan fingerprint density at radius 1 is 1.38 bits per heavy atom. The molecule has 0 aromatic heterocycles. The van der Waals surface area contributed by atoms with Crippen LogP contribution < -0.4 is 10.6 Å². The highest BCUT2D eigenvalue weighted by Crippen LogP contribution is 2.44. The molecule has 1 heterocycles. The molecule has 0 spiro atoms. The predicted molar refractivity (Wildman–Crippen MR) is 99.5 cm³/mol. The molecule has 1 amide bonds. The number of fused-ring (bicyclic) bond motifs is 3. The van der Waals surface area contributed by atoms with Gasteiger partial charge in [0.15, 0.2) is 0 Å². The van der Waals surface area contributed by atoms with Gasteiger partial charge in [0.05, 0.1) is 0 Å². The number of hydrogen-bond donors (Lipinski definition) is 2. The minimum atomic E-state index is 0.0840. The maximum atomic E-state index is 11.3. The first kappa shape index (κ1) is 17.3. The Bertz CT molecular complexity index is 586. The molecular formula is C20H31N3O. The molecule has 4 nitrogen and oxygen atoms in total. The first-order chi connectivity index (χ1) is 11.6. The number of carbonyl (C=O) groups excluding carboxylic acids is 1. The summed E-state index contributed by atoms with van der Waals surface area (Å²) in [5.41, 5.74) is 4.33. The SMILES string of the molecule is CCCN1C[C@H](CNC(C)=O)C[C@@H]2c3cccc(NC)c3CC[C@H]21. The van der Waals surface area contributed by atoms with Crippen molar-refractivity contribution in [2.24, 2.45) is 5.92 Å². The lowest BCUT2D eigenvalue weighted by atomic mass is 9.71. The maximum Gasteiger partial charge on any atom is 0.216 e. The molecule has 1 fully saturated rings. The minimum Gasteiger partial charge on any atom is -0.388 e. The first-order valence-corrected chi connectivity index (χ1v) is 9.42. The van der Waals surface area contributed by atoms with Crippen molar-refractivity contribution in [2.45, 2.75) is 51.5 Å². The number of amides is 1. The summed E-state index contributed by atoms with van der Waals surface area (Å²) in [7, 11) is 2.02. The van der Waals surface area contributed by atoms with Crippen molar-refractivity contribution in [2.75, 3.05) is 32.0 Å². The highest BCUT2D eigenvalue weighted by Gasteiger charge is 2.39. The summed E-state index contributed by atoms with van der Waals surface area (Å²) >= 11 is 0. The third-order valence-corrected chi connectivity index (χ3v) is 5.74. The smallest absolute Gasteiger partial charge is 0.216 e. The average molecular weight is 329 g/mol. The molecule has 3 atom stereocenters. The molecule has 0 bridgehead atoms. The van der Waals surface area contributed by atoms with E-state index in [9.17, 15) is 4.79 Å².